The fraction of sp³-hybridized carbons (Fsp3) is 1.00. The van der Waals surface area contributed by atoms with Gasteiger partial charge in [0.2, 0.25) is 0 Å². The van der Waals surface area contributed by atoms with Crippen molar-refractivity contribution in [1.82, 2.24) is 9.80 Å². The average Bonchev–Trinajstić information content (AvgIpc) is 2.17. The zero-order valence-electron chi connectivity index (χ0n) is 10.2. The van der Waals surface area contributed by atoms with Gasteiger partial charge in [0.05, 0.1) is 0 Å². The summed E-state index contributed by atoms with van der Waals surface area (Å²) in [5.41, 5.74) is 6.39. The lowest BCUT2D eigenvalue weighted by atomic mass is 9.68. The molecule has 1 aliphatic heterocycles. The molecule has 3 heteroatoms. The fourth-order valence-corrected chi connectivity index (χ4v) is 2.85. The van der Waals surface area contributed by atoms with E-state index in [0.29, 0.717) is 11.5 Å². The second kappa shape index (κ2) is 4.40. The average molecular weight is 211 g/mol. The largest absolute Gasteiger partial charge is 0.330 e. The van der Waals surface area contributed by atoms with E-state index in [0.717, 1.165) is 6.54 Å². The molecule has 0 amide bonds. The van der Waals surface area contributed by atoms with Gasteiger partial charge in [-0.3, -0.25) is 4.90 Å². The summed E-state index contributed by atoms with van der Waals surface area (Å²) in [6, 6.07) is 0.702. The number of hydrogen-bond acceptors (Lipinski definition) is 3. The minimum atomic E-state index is 0.482. The predicted molar refractivity (Wildman–Crippen MR) is 63.9 cm³/mol. The molecule has 0 aromatic carbocycles. The molecule has 2 aliphatic rings. The van der Waals surface area contributed by atoms with Crippen molar-refractivity contribution in [3.8, 4) is 0 Å². The first-order chi connectivity index (χ1) is 7.15. The van der Waals surface area contributed by atoms with Gasteiger partial charge in [0.1, 0.15) is 0 Å². The second-order valence-corrected chi connectivity index (χ2v) is 5.62. The van der Waals surface area contributed by atoms with Crippen molar-refractivity contribution in [1.29, 1.82) is 0 Å². The second-order valence-electron chi connectivity index (χ2n) is 5.62. The van der Waals surface area contributed by atoms with Gasteiger partial charge in [-0.1, -0.05) is 6.42 Å². The first kappa shape index (κ1) is 11.4. The van der Waals surface area contributed by atoms with E-state index in [4.69, 9.17) is 5.73 Å². The number of nitrogens with zero attached hydrogens (tertiary/aromatic N) is 2. The molecular formula is C12H25N3. The summed E-state index contributed by atoms with van der Waals surface area (Å²) in [5.74, 6) is 0. The van der Waals surface area contributed by atoms with Crippen LogP contribution >= 0.6 is 0 Å². The van der Waals surface area contributed by atoms with Gasteiger partial charge in [-0.2, -0.15) is 0 Å². The van der Waals surface area contributed by atoms with Gasteiger partial charge in [0, 0.05) is 32.2 Å². The molecule has 1 unspecified atom stereocenters. The molecule has 3 nitrogen and oxygen atoms in total. The molecule has 1 atom stereocenters. The maximum absolute atomic E-state index is 5.91. The molecule has 1 saturated heterocycles. The quantitative estimate of drug-likeness (QED) is 0.748. The number of hydrogen-bond donors (Lipinski definition) is 1. The standard InChI is InChI=1S/C12H25N3/c1-11-8-15(7-6-14(11)2)10-12(9-13)4-3-5-12/h11H,3-10,13H2,1-2H3. The van der Waals surface area contributed by atoms with Gasteiger partial charge in [-0.05, 0) is 38.8 Å². The molecule has 1 saturated carbocycles. The highest BCUT2D eigenvalue weighted by atomic mass is 15.3. The summed E-state index contributed by atoms with van der Waals surface area (Å²) in [5, 5.41) is 0. The number of piperazine rings is 1. The van der Waals surface area contributed by atoms with E-state index in [1.807, 2.05) is 0 Å². The van der Waals surface area contributed by atoms with E-state index >= 15 is 0 Å². The summed E-state index contributed by atoms with van der Waals surface area (Å²) >= 11 is 0. The van der Waals surface area contributed by atoms with E-state index < -0.39 is 0 Å². The first-order valence-corrected chi connectivity index (χ1v) is 6.28. The molecule has 1 heterocycles. The molecule has 1 aliphatic carbocycles. The Morgan fingerprint density at radius 1 is 1.33 bits per heavy atom. The minimum absolute atomic E-state index is 0.482. The van der Waals surface area contributed by atoms with E-state index in [9.17, 15) is 0 Å². The molecule has 88 valence electrons. The molecule has 0 bridgehead atoms. The number of nitrogens with two attached hydrogens (primary N) is 1. The highest BCUT2D eigenvalue weighted by Crippen LogP contribution is 2.40. The third-order valence-corrected chi connectivity index (χ3v) is 4.45. The van der Waals surface area contributed by atoms with Crippen molar-refractivity contribution in [2.24, 2.45) is 11.1 Å². The van der Waals surface area contributed by atoms with Gasteiger partial charge in [-0.25, -0.2) is 0 Å². The molecular weight excluding hydrogens is 186 g/mol. The van der Waals surface area contributed by atoms with Crippen LogP contribution in [0.5, 0.6) is 0 Å². The fourth-order valence-electron chi connectivity index (χ4n) is 2.85. The van der Waals surface area contributed by atoms with Crippen molar-refractivity contribution in [2.75, 3.05) is 39.8 Å². The Labute approximate surface area is 93.6 Å². The van der Waals surface area contributed by atoms with Crippen LogP contribution in [0.2, 0.25) is 0 Å². The van der Waals surface area contributed by atoms with Crippen molar-refractivity contribution in [3.63, 3.8) is 0 Å². The molecule has 0 radical (unpaired) electrons. The Morgan fingerprint density at radius 3 is 2.53 bits per heavy atom. The summed E-state index contributed by atoms with van der Waals surface area (Å²) in [6.07, 6.45) is 4.09. The summed E-state index contributed by atoms with van der Waals surface area (Å²) in [4.78, 5) is 5.07. The lowest BCUT2D eigenvalue weighted by Crippen LogP contribution is -2.55. The van der Waals surface area contributed by atoms with Crippen molar-refractivity contribution >= 4 is 0 Å². The monoisotopic (exact) mass is 211 g/mol. The summed E-state index contributed by atoms with van der Waals surface area (Å²) in [6.45, 7) is 8.10. The molecule has 15 heavy (non-hydrogen) atoms. The van der Waals surface area contributed by atoms with Crippen LogP contribution < -0.4 is 5.73 Å². The van der Waals surface area contributed by atoms with Gasteiger partial charge >= 0.3 is 0 Å². The molecule has 0 aromatic heterocycles. The normalized spacial score (nSPS) is 32.6. The maximum atomic E-state index is 5.91. The van der Waals surface area contributed by atoms with Crippen LogP contribution in [0.3, 0.4) is 0 Å². The van der Waals surface area contributed by atoms with Gasteiger partial charge in [0.15, 0.2) is 0 Å². The number of rotatable bonds is 3. The molecule has 2 rings (SSSR count). The third-order valence-electron chi connectivity index (χ3n) is 4.45. The zero-order valence-corrected chi connectivity index (χ0v) is 10.2. The van der Waals surface area contributed by atoms with Crippen LogP contribution in [0.15, 0.2) is 0 Å². The number of likely N-dealkylation sites (N-methyl/N-ethyl adjacent to an activating group) is 1. The maximum Gasteiger partial charge on any atom is 0.0192 e. The Kier molecular flexibility index (Phi) is 3.33. The van der Waals surface area contributed by atoms with Crippen LogP contribution in [0.25, 0.3) is 0 Å². The van der Waals surface area contributed by atoms with Crippen molar-refractivity contribution in [2.45, 2.75) is 32.2 Å². The molecule has 2 fully saturated rings. The lowest BCUT2D eigenvalue weighted by Gasteiger charge is -2.47. The predicted octanol–water partition coefficient (Wildman–Crippen LogP) is 0.751. The van der Waals surface area contributed by atoms with Crippen LogP contribution in [-0.2, 0) is 0 Å². The Bertz CT molecular complexity index is 207. The van der Waals surface area contributed by atoms with Gasteiger partial charge in [0.25, 0.3) is 0 Å². The Morgan fingerprint density at radius 2 is 2.07 bits per heavy atom. The summed E-state index contributed by atoms with van der Waals surface area (Å²) < 4.78 is 0. The molecule has 0 spiro atoms. The molecule has 0 aromatic rings. The van der Waals surface area contributed by atoms with Crippen LogP contribution in [0.1, 0.15) is 26.2 Å². The third kappa shape index (κ3) is 2.35. The van der Waals surface area contributed by atoms with Crippen LogP contribution in [0.4, 0.5) is 0 Å². The van der Waals surface area contributed by atoms with Gasteiger partial charge < -0.3 is 10.6 Å². The zero-order chi connectivity index (χ0) is 10.9. The summed E-state index contributed by atoms with van der Waals surface area (Å²) in [7, 11) is 2.23. The Balaban J connectivity index is 1.84. The van der Waals surface area contributed by atoms with E-state index in [1.54, 1.807) is 0 Å². The smallest absolute Gasteiger partial charge is 0.0192 e. The first-order valence-electron chi connectivity index (χ1n) is 6.28. The van der Waals surface area contributed by atoms with Gasteiger partial charge in [-0.15, -0.1) is 0 Å². The van der Waals surface area contributed by atoms with E-state index in [-0.39, 0.29) is 0 Å². The molecule has 2 N–H and O–H groups in total. The van der Waals surface area contributed by atoms with Crippen LogP contribution in [0, 0.1) is 5.41 Å². The van der Waals surface area contributed by atoms with Crippen molar-refractivity contribution in [3.05, 3.63) is 0 Å². The topological polar surface area (TPSA) is 32.5 Å². The van der Waals surface area contributed by atoms with E-state index in [2.05, 4.69) is 23.8 Å². The minimum Gasteiger partial charge on any atom is -0.330 e. The van der Waals surface area contributed by atoms with Crippen molar-refractivity contribution < 1.29 is 0 Å². The van der Waals surface area contributed by atoms with E-state index in [1.165, 1.54) is 45.4 Å². The SMILES string of the molecule is CC1CN(CC2(CN)CCC2)CCN1C. The van der Waals surface area contributed by atoms with Crippen LogP contribution in [-0.4, -0.2) is 55.6 Å². The highest BCUT2D eigenvalue weighted by Gasteiger charge is 2.38. The Hall–Kier alpha value is -0.120. The lowest BCUT2D eigenvalue weighted by molar-refractivity contribution is 0.0310. The highest BCUT2D eigenvalue weighted by molar-refractivity contribution is 4.92.